The van der Waals surface area contributed by atoms with Gasteiger partial charge in [-0.3, -0.25) is 4.79 Å². The van der Waals surface area contributed by atoms with Crippen LogP contribution < -0.4 is 11.5 Å². The molecule has 1 rings (SSSR count). The zero-order valence-electron chi connectivity index (χ0n) is 5.99. The van der Waals surface area contributed by atoms with E-state index in [9.17, 15) is 4.79 Å². The molecular formula is C7H10N2OS. The summed E-state index contributed by atoms with van der Waals surface area (Å²) in [5.41, 5.74) is 10.6. The van der Waals surface area contributed by atoms with Crippen LogP contribution >= 0.6 is 11.3 Å². The topological polar surface area (TPSA) is 69.1 Å². The molecule has 4 heteroatoms. The highest BCUT2D eigenvalue weighted by Crippen LogP contribution is 2.18. The van der Waals surface area contributed by atoms with Gasteiger partial charge >= 0.3 is 0 Å². The van der Waals surface area contributed by atoms with Crippen LogP contribution in [0.15, 0.2) is 17.5 Å². The molecule has 0 aliphatic carbocycles. The first-order valence-corrected chi connectivity index (χ1v) is 4.15. The second-order valence-corrected chi connectivity index (χ2v) is 3.27. The van der Waals surface area contributed by atoms with E-state index in [0.717, 1.165) is 4.88 Å². The van der Waals surface area contributed by atoms with E-state index < -0.39 is 0 Å². The third kappa shape index (κ3) is 2.32. The molecule has 0 saturated heterocycles. The Kier molecular flexibility index (Phi) is 2.62. The fraction of sp³-hybridized carbons (Fsp3) is 0.286. The van der Waals surface area contributed by atoms with Crippen LogP contribution in [0.2, 0.25) is 0 Å². The maximum atomic E-state index is 10.5. The van der Waals surface area contributed by atoms with Crippen molar-refractivity contribution < 1.29 is 4.79 Å². The quantitative estimate of drug-likeness (QED) is 0.698. The second kappa shape index (κ2) is 3.50. The van der Waals surface area contributed by atoms with Gasteiger partial charge in [-0.25, -0.2) is 0 Å². The minimum atomic E-state index is -0.356. The van der Waals surface area contributed by atoms with Crippen molar-refractivity contribution in [2.75, 3.05) is 0 Å². The van der Waals surface area contributed by atoms with Gasteiger partial charge in [-0.2, -0.15) is 0 Å². The van der Waals surface area contributed by atoms with E-state index in [1.54, 1.807) is 11.3 Å². The minimum absolute atomic E-state index is 0.223. The van der Waals surface area contributed by atoms with E-state index in [1.807, 2.05) is 17.5 Å². The van der Waals surface area contributed by atoms with Crippen molar-refractivity contribution in [3.05, 3.63) is 22.4 Å². The summed E-state index contributed by atoms with van der Waals surface area (Å²) >= 11 is 1.54. The number of rotatable bonds is 3. The van der Waals surface area contributed by atoms with Crippen molar-refractivity contribution >= 4 is 17.2 Å². The monoisotopic (exact) mass is 170 g/mol. The Labute approximate surface area is 69.0 Å². The number of carbonyl (C=O) groups is 1. The molecule has 60 valence electrons. The predicted molar refractivity (Wildman–Crippen MR) is 45.1 cm³/mol. The zero-order chi connectivity index (χ0) is 8.27. The molecular weight excluding hydrogens is 160 g/mol. The summed E-state index contributed by atoms with van der Waals surface area (Å²) in [6.07, 6.45) is 0.223. The standard InChI is InChI=1S/C7H10N2OS/c8-5(4-7(9)10)6-2-1-3-11-6/h1-3,5H,4,8H2,(H2,9,10)/t5-/m1/s1. The Morgan fingerprint density at radius 3 is 2.91 bits per heavy atom. The summed E-state index contributed by atoms with van der Waals surface area (Å²) in [7, 11) is 0. The lowest BCUT2D eigenvalue weighted by molar-refractivity contribution is -0.118. The summed E-state index contributed by atoms with van der Waals surface area (Å²) in [5.74, 6) is -0.356. The Bertz CT molecular complexity index is 233. The van der Waals surface area contributed by atoms with Crippen molar-refractivity contribution in [1.29, 1.82) is 0 Å². The van der Waals surface area contributed by atoms with Crippen LogP contribution in [0.3, 0.4) is 0 Å². The molecule has 1 aromatic rings. The summed E-state index contributed by atoms with van der Waals surface area (Å²) < 4.78 is 0. The normalized spacial score (nSPS) is 12.8. The van der Waals surface area contributed by atoms with Crippen molar-refractivity contribution in [2.24, 2.45) is 11.5 Å². The van der Waals surface area contributed by atoms with E-state index in [0.29, 0.717) is 0 Å². The molecule has 0 saturated carbocycles. The van der Waals surface area contributed by atoms with Gasteiger partial charge in [0.05, 0.1) is 0 Å². The Morgan fingerprint density at radius 1 is 1.73 bits per heavy atom. The molecule has 0 bridgehead atoms. The van der Waals surface area contributed by atoms with Crippen LogP contribution in [-0.2, 0) is 4.79 Å². The first kappa shape index (κ1) is 8.23. The minimum Gasteiger partial charge on any atom is -0.370 e. The predicted octanol–water partition coefficient (Wildman–Crippen LogP) is 0.623. The third-order valence-corrected chi connectivity index (χ3v) is 2.33. The Hall–Kier alpha value is -0.870. The lowest BCUT2D eigenvalue weighted by Crippen LogP contribution is -2.19. The van der Waals surface area contributed by atoms with Crippen molar-refractivity contribution in [3.8, 4) is 0 Å². The molecule has 0 spiro atoms. The first-order chi connectivity index (χ1) is 5.20. The van der Waals surface area contributed by atoms with Gasteiger partial charge in [-0.15, -0.1) is 11.3 Å². The summed E-state index contributed by atoms with van der Waals surface area (Å²) in [5, 5.41) is 1.93. The van der Waals surface area contributed by atoms with Crippen molar-refractivity contribution in [2.45, 2.75) is 12.5 Å². The average molecular weight is 170 g/mol. The summed E-state index contributed by atoms with van der Waals surface area (Å²) in [6.45, 7) is 0. The maximum Gasteiger partial charge on any atom is 0.219 e. The van der Waals surface area contributed by atoms with Crippen LogP contribution in [0.5, 0.6) is 0 Å². The Balaban J connectivity index is 2.56. The van der Waals surface area contributed by atoms with Crippen molar-refractivity contribution in [3.63, 3.8) is 0 Å². The van der Waals surface area contributed by atoms with Crippen LogP contribution in [0.4, 0.5) is 0 Å². The number of thiophene rings is 1. The van der Waals surface area contributed by atoms with Crippen LogP contribution in [0.25, 0.3) is 0 Å². The zero-order valence-corrected chi connectivity index (χ0v) is 6.80. The van der Waals surface area contributed by atoms with Gasteiger partial charge in [-0.1, -0.05) is 6.07 Å². The summed E-state index contributed by atoms with van der Waals surface area (Å²) in [6, 6.07) is 3.58. The van der Waals surface area contributed by atoms with Crippen LogP contribution in [0, 0.1) is 0 Å². The highest BCUT2D eigenvalue weighted by atomic mass is 32.1. The molecule has 4 N–H and O–H groups in total. The fourth-order valence-corrected chi connectivity index (χ4v) is 1.55. The lowest BCUT2D eigenvalue weighted by Gasteiger charge is -2.04. The number of amides is 1. The molecule has 0 aromatic carbocycles. The average Bonchev–Trinajstić information content (AvgIpc) is 2.35. The molecule has 0 aliphatic heterocycles. The molecule has 1 aromatic heterocycles. The van der Waals surface area contributed by atoms with Crippen molar-refractivity contribution in [1.82, 2.24) is 0 Å². The molecule has 1 heterocycles. The summed E-state index contributed by atoms with van der Waals surface area (Å²) in [4.78, 5) is 11.5. The van der Waals surface area contributed by atoms with Gasteiger partial charge in [0, 0.05) is 17.3 Å². The van der Waals surface area contributed by atoms with Gasteiger partial charge in [0.1, 0.15) is 0 Å². The third-order valence-electron chi connectivity index (χ3n) is 1.33. The van der Waals surface area contributed by atoms with E-state index in [1.165, 1.54) is 0 Å². The van der Waals surface area contributed by atoms with Crippen LogP contribution in [-0.4, -0.2) is 5.91 Å². The van der Waals surface area contributed by atoms with Gasteiger partial charge < -0.3 is 11.5 Å². The van der Waals surface area contributed by atoms with Crippen LogP contribution in [0.1, 0.15) is 17.3 Å². The smallest absolute Gasteiger partial charge is 0.219 e. The fourth-order valence-electron chi connectivity index (χ4n) is 0.820. The van der Waals surface area contributed by atoms with E-state index in [2.05, 4.69) is 0 Å². The highest BCUT2D eigenvalue weighted by Gasteiger charge is 2.08. The molecule has 3 nitrogen and oxygen atoms in total. The first-order valence-electron chi connectivity index (χ1n) is 3.27. The number of nitrogens with two attached hydrogens (primary N) is 2. The maximum absolute atomic E-state index is 10.5. The number of hydrogen-bond acceptors (Lipinski definition) is 3. The molecule has 0 unspecified atom stereocenters. The second-order valence-electron chi connectivity index (χ2n) is 2.29. The highest BCUT2D eigenvalue weighted by molar-refractivity contribution is 7.10. The molecule has 0 fully saturated rings. The van der Waals surface area contributed by atoms with Gasteiger partial charge in [-0.05, 0) is 11.4 Å². The van der Waals surface area contributed by atoms with Gasteiger partial charge in [0.15, 0.2) is 0 Å². The molecule has 11 heavy (non-hydrogen) atoms. The SMILES string of the molecule is NC(=O)C[C@@H](N)c1cccs1. The number of carbonyl (C=O) groups excluding carboxylic acids is 1. The van der Waals surface area contributed by atoms with E-state index in [4.69, 9.17) is 11.5 Å². The van der Waals surface area contributed by atoms with Gasteiger partial charge in [0.25, 0.3) is 0 Å². The van der Waals surface area contributed by atoms with Gasteiger partial charge in [0.2, 0.25) is 5.91 Å². The molecule has 1 amide bonds. The Morgan fingerprint density at radius 2 is 2.45 bits per heavy atom. The number of hydrogen-bond donors (Lipinski definition) is 2. The number of primary amides is 1. The molecule has 1 atom stereocenters. The van der Waals surface area contributed by atoms with E-state index in [-0.39, 0.29) is 18.4 Å². The molecule has 0 radical (unpaired) electrons. The molecule has 0 aliphatic rings. The van der Waals surface area contributed by atoms with E-state index >= 15 is 0 Å². The lowest BCUT2D eigenvalue weighted by atomic mass is 10.2. The largest absolute Gasteiger partial charge is 0.370 e.